The van der Waals surface area contributed by atoms with Crippen LogP contribution < -0.4 is 9.62 Å². The Morgan fingerprint density at radius 2 is 1.52 bits per heavy atom. The summed E-state index contributed by atoms with van der Waals surface area (Å²) in [5.41, 5.74) is 0.886. The molecule has 1 fully saturated rings. The van der Waals surface area contributed by atoms with E-state index in [2.05, 4.69) is 5.32 Å². The van der Waals surface area contributed by atoms with Crippen LogP contribution in [0.25, 0.3) is 0 Å². The summed E-state index contributed by atoms with van der Waals surface area (Å²) in [6.07, 6.45) is 5.07. The van der Waals surface area contributed by atoms with Crippen LogP contribution in [0.3, 0.4) is 0 Å². The standard InChI is InChI=1S/C30H33Cl2N3O4S/c1-22(30(37)33-24-14-7-3-8-15-24)34(20-23-12-5-2-6-13-23)28(36)21-35(27-19-11-18-26(31)29(27)32)40(38,39)25-16-9-4-10-17-25/h2,4-6,9-13,16-19,22,24H,3,7-8,14-15,20-21H2,1H3,(H,33,37)/t22-/m0/s1. The fraction of sp³-hybridized carbons (Fsp3) is 0.333. The number of halogens is 2. The molecule has 4 rings (SSSR count). The van der Waals surface area contributed by atoms with Gasteiger partial charge in [-0.2, -0.15) is 0 Å². The number of hydrogen-bond donors (Lipinski definition) is 1. The van der Waals surface area contributed by atoms with Crippen molar-refractivity contribution in [1.29, 1.82) is 0 Å². The Kier molecular flexibility index (Phi) is 10.1. The highest BCUT2D eigenvalue weighted by Crippen LogP contribution is 2.35. The molecule has 3 aromatic carbocycles. The fourth-order valence-electron chi connectivity index (χ4n) is 4.85. The van der Waals surface area contributed by atoms with Gasteiger partial charge in [-0.1, -0.05) is 97.1 Å². The van der Waals surface area contributed by atoms with Gasteiger partial charge >= 0.3 is 0 Å². The monoisotopic (exact) mass is 601 g/mol. The number of anilines is 1. The van der Waals surface area contributed by atoms with Gasteiger partial charge in [-0.05, 0) is 49.6 Å². The second-order valence-corrected chi connectivity index (χ2v) is 12.6. The van der Waals surface area contributed by atoms with Crippen LogP contribution in [0.1, 0.15) is 44.6 Å². The molecule has 0 spiro atoms. The molecule has 0 heterocycles. The van der Waals surface area contributed by atoms with Gasteiger partial charge in [0.25, 0.3) is 10.0 Å². The number of rotatable bonds is 10. The van der Waals surface area contributed by atoms with E-state index < -0.39 is 28.5 Å². The van der Waals surface area contributed by atoms with Gasteiger partial charge in [0.05, 0.1) is 20.6 Å². The number of nitrogens with zero attached hydrogens (tertiary/aromatic N) is 2. The zero-order valence-electron chi connectivity index (χ0n) is 22.3. The molecule has 40 heavy (non-hydrogen) atoms. The van der Waals surface area contributed by atoms with Crippen molar-refractivity contribution in [3.05, 3.63) is 94.5 Å². The third kappa shape index (κ3) is 7.16. The molecular formula is C30H33Cl2N3O4S. The van der Waals surface area contributed by atoms with Crippen molar-refractivity contribution in [2.45, 2.75) is 62.6 Å². The lowest BCUT2D eigenvalue weighted by Gasteiger charge is -2.33. The largest absolute Gasteiger partial charge is 0.352 e. The van der Waals surface area contributed by atoms with Crippen LogP contribution in [0.15, 0.2) is 83.8 Å². The summed E-state index contributed by atoms with van der Waals surface area (Å²) < 4.78 is 28.7. The van der Waals surface area contributed by atoms with Crippen molar-refractivity contribution in [1.82, 2.24) is 10.2 Å². The average molecular weight is 603 g/mol. The molecule has 212 valence electrons. The van der Waals surface area contributed by atoms with Gasteiger partial charge in [-0.3, -0.25) is 13.9 Å². The van der Waals surface area contributed by atoms with Crippen LogP contribution in [0.4, 0.5) is 5.69 Å². The van der Waals surface area contributed by atoms with Gasteiger partial charge in [0, 0.05) is 12.6 Å². The first kappa shape index (κ1) is 29.9. The van der Waals surface area contributed by atoms with E-state index in [0.29, 0.717) is 0 Å². The van der Waals surface area contributed by atoms with Crippen molar-refractivity contribution in [2.24, 2.45) is 0 Å². The highest BCUT2D eigenvalue weighted by molar-refractivity contribution is 7.92. The summed E-state index contributed by atoms with van der Waals surface area (Å²) in [4.78, 5) is 28.8. The lowest BCUT2D eigenvalue weighted by molar-refractivity contribution is -0.139. The normalized spacial score (nSPS) is 14.8. The van der Waals surface area contributed by atoms with Crippen molar-refractivity contribution in [3.8, 4) is 0 Å². The summed E-state index contributed by atoms with van der Waals surface area (Å²) in [6, 6.07) is 20.9. The van der Waals surface area contributed by atoms with Crippen molar-refractivity contribution >= 4 is 50.7 Å². The highest BCUT2D eigenvalue weighted by Gasteiger charge is 2.34. The summed E-state index contributed by atoms with van der Waals surface area (Å²) in [5.74, 6) is -0.819. The minimum Gasteiger partial charge on any atom is -0.352 e. The molecule has 0 bridgehead atoms. The minimum absolute atomic E-state index is 0.00320. The summed E-state index contributed by atoms with van der Waals surface area (Å²) in [6.45, 7) is 1.22. The Balaban J connectivity index is 1.68. The van der Waals surface area contributed by atoms with Crippen molar-refractivity contribution < 1.29 is 18.0 Å². The molecule has 0 aromatic heterocycles. The predicted octanol–water partition coefficient (Wildman–Crippen LogP) is 6.05. The quantitative estimate of drug-likeness (QED) is 0.306. The van der Waals surface area contributed by atoms with Gasteiger partial charge in [-0.15, -0.1) is 0 Å². The van der Waals surface area contributed by atoms with E-state index >= 15 is 0 Å². The molecule has 0 saturated heterocycles. The van der Waals surface area contributed by atoms with E-state index in [0.717, 1.165) is 42.0 Å². The topological polar surface area (TPSA) is 86.8 Å². The van der Waals surface area contributed by atoms with Gasteiger partial charge in [0.15, 0.2) is 0 Å². The van der Waals surface area contributed by atoms with Gasteiger partial charge < -0.3 is 10.2 Å². The van der Waals surface area contributed by atoms with E-state index in [-0.39, 0.29) is 39.1 Å². The molecule has 0 radical (unpaired) electrons. The van der Waals surface area contributed by atoms with Crippen LogP contribution in [0.5, 0.6) is 0 Å². The van der Waals surface area contributed by atoms with E-state index in [4.69, 9.17) is 23.2 Å². The van der Waals surface area contributed by atoms with E-state index in [9.17, 15) is 18.0 Å². The molecule has 7 nitrogen and oxygen atoms in total. The van der Waals surface area contributed by atoms with Gasteiger partial charge in [0.1, 0.15) is 12.6 Å². The first-order valence-electron chi connectivity index (χ1n) is 13.3. The predicted molar refractivity (Wildman–Crippen MR) is 159 cm³/mol. The molecule has 1 saturated carbocycles. The summed E-state index contributed by atoms with van der Waals surface area (Å²) in [5, 5.41) is 3.26. The molecule has 0 unspecified atom stereocenters. The zero-order valence-corrected chi connectivity index (χ0v) is 24.6. The third-order valence-electron chi connectivity index (χ3n) is 7.12. The second-order valence-electron chi connectivity index (χ2n) is 9.92. The summed E-state index contributed by atoms with van der Waals surface area (Å²) in [7, 11) is -4.22. The molecule has 2 amide bonds. The molecule has 3 aromatic rings. The Hall–Kier alpha value is -3.07. The number of sulfonamides is 1. The van der Waals surface area contributed by atoms with Crippen molar-refractivity contribution in [3.63, 3.8) is 0 Å². The molecular weight excluding hydrogens is 569 g/mol. The third-order valence-corrected chi connectivity index (χ3v) is 9.71. The maximum absolute atomic E-state index is 14.0. The molecule has 1 N–H and O–H groups in total. The molecule has 0 aliphatic heterocycles. The van der Waals surface area contributed by atoms with Crippen LogP contribution in [-0.4, -0.2) is 43.8 Å². The molecule has 10 heteroatoms. The van der Waals surface area contributed by atoms with Crippen LogP contribution in [0.2, 0.25) is 10.0 Å². The second kappa shape index (κ2) is 13.5. The van der Waals surface area contributed by atoms with E-state index in [1.165, 1.54) is 23.1 Å². The Morgan fingerprint density at radius 3 is 2.17 bits per heavy atom. The Morgan fingerprint density at radius 1 is 0.900 bits per heavy atom. The number of nitrogens with one attached hydrogen (secondary N) is 1. The first-order valence-corrected chi connectivity index (χ1v) is 15.5. The van der Waals surface area contributed by atoms with Crippen molar-refractivity contribution in [2.75, 3.05) is 10.8 Å². The van der Waals surface area contributed by atoms with E-state index in [1.54, 1.807) is 37.3 Å². The lowest BCUT2D eigenvalue weighted by atomic mass is 9.95. The van der Waals surface area contributed by atoms with Crippen LogP contribution >= 0.6 is 23.2 Å². The number of benzene rings is 3. The number of carbonyl (C=O) groups is 2. The molecule has 1 atom stereocenters. The van der Waals surface area contributed by atoms with E-state index in [1.807, 2.05) is 30.3 Å². The average Bonchev–Trinajstić information content (AvgIpc) is 2.97. The van der Waals surface area contributed by atoms with Gasteiger partial charge in [0.2, 0.25) is 11.8 Å². The number of hydrogen-bond acceptors (Lipinski definition) is 4. The molecule has 1 aliphatic carbocycles. The van der Waals surface area contributed by atoms with Crippen LogP contribution in [-0.2, 0) is 26.2 Å². The first-order chi connectivity index (χ1) is 19.2. The maximum atomic E-state index is 14.0. The summed E-state index contributed by atoms with van der Waals surface area (Å²) >= 11 is 12.7. The lowest BCUT2D eigenvalue weighted by Crippen LogP contribution is -2.53. The van der Waals surface area contributed by atoms with Gasteiger partial charge in [-0.25, -0.2) is 8.42 Å². The minimum atomic E-state index is -4.22. The maximum Gasteiger partial charge on any atom is 0.264 e. The zero-order chi connectivity index (χ0) is 28.7. The molecule has 1 aliphatic rings. The highest BCUT2D eigenvalue weighted by atomic mass is 35.5. The Labute approximate surface area is 246 Å². The number of carbonyl (C=O) groups excluding carboxylic acids is 2. The Bertz CT molecular complexity index is 1420. The fourth-order valence-corrected chi connectivity index (χ4v) is 6.74. The van der Waals surface area contributed by atoms with Crippen LogP contribution in [0, 0.1) is 0 Å². The smallest absolute Gasteiger partial charge is 0.264 e. The number of amides is 2. The SMILES string of the molecule is C[C@@H](C(=O)NC1CCCCC1)N(Cc1ccccc1)C(=O)CN(c1cccc(Cl)c1Cl)S(=O)(=O)c1ccccc1.